The number of hydrogen-bond donors (Lipinski definition) is 3. The summed E-state index contributed by atoms with van der Waals surface area (Å²) in [6.45, 7) is -2.94. The maximum Gasteiger partial charge on any atom is 0.392 e. The monoisotopic (exact) mass is 834 g/mol. The number of esters is 1. The number of nitrogens with one attached hydrogen (secondary N) is 1. The number of imidazole rings is 2. The van der Waals surface area contributed by atoms with Crippen LogP contribution < -0.4 is 17.0 Å². The molecule has 21 nitrogen and oxygen atoms in total. The van der Waals surface area contributed by atoms with Gasteiger partial charge in [-0.1, -0.05) is 6.92 Å². The van der Waals surface area contributed by atoms with Crippen LogP contribution in [0.5, 0.6) is 0 Å². The Hall–Kier alpha value is -3.18. The zero-order chi connectivity index (χ0) is 38.7. The molecule has 7 unspecified atom stereocenters. The van der Waals surface area contributed by atoms with E-state index < -0.39 is 92.0 Å². The fourth-order valence-electron chi connectivity index (χ4n) is 5.99. The molecule has 0 aliphatic carbocycles. The van der Waals surface area contributed by atoms with E-state index >= 15 is 4.39 Å². The smallest absolute Gasteiger partial charge is 0.392 e. The number of fused-ring (bicyclic) bond motifs is 5. The van der Waals surface area contributed by atoms with E-state index in [2.05, 4.69) is 29.9 Å². The first-order valence-electron chi connectivity index (χ1n) is 16.3. The molecule has 3 fully saturated rings. The zero-order valence-electron chi connectivity index (χ0n) is 29.3. The van der Waals surface area contributed by atoms with Crippen LogP contribution in [0.25, 0.3) is 22.3 Å². The van der Waals surface area contributed by atoms with Crippen molar-refractivity contribution in [3.63, 3.8) is 0 Å². The molecule has 0 aromatic carbocycles. The van der Waals surface area contributed by atoms with Crippen LogP contribution in [0.3, 0.4) is 0 Å². The lowest BCUT2D eigenvalue weighted by atomic mass is 9.98. The minimum absolute atomic E-state index is 0.0339. The highest BCUT2D eigenvalue weighted by atomic mass is 32.7. The highest BCUT2D eigenvalue weighted by molar-refractivity contribution is 8.55. The highest BCUT2D eigenvalue weighted by Crippen LogP contribution is 2.66. The number of ether oxygens (including phenoxy) is 3. The van der Waals surface area contributed by atoms with Gasteiger partial charge in [0.15, 0.2) is 41.3 Å². The number of nitrogen functional groups attached to an aromatic ring is 2. The summed E-state index contributed by atoms with van der Waals surface area (Å²) < 4.78 is 90.1. The summed E-state index contributed by atoms with van der Waals surface area (Å²) in [4.78, 5) is 48.3. The van der Waals surface area contributed by atoms with Crippen molar-refractivity contribution in [3.8, 4) is 0 Å². The number of alkyl halides is 1. The standard InChI is InChI=1S/C28H37FN10O11P2S2/c1-12-13-6-45-51(42,53-5)50-19-14(48-24(15(19)29)38-9-34-16-20(30)32-8-33-21(16)38)7-46-52(43,54-11-44-26(41)28(2,3)4)49-18(12)25(47-13)39-10-35-17-22(39)36-27(31)37-23(17)40/h8-10,12-15,18-19,24-25H,6-7,11H2,1-5H3,(H2,30,32,33)(H3,31,36,37,40)/t12?,13-,14?,15?,18?,19?,24-,25-,51?,52?/m1/s1. The molecular weight excluding hydrogens is 797 g/mol. The van der Waals surface area contributed by atoms with E-state index in [9.17, 15) is 18.7 Å². The van der Waals surface area contributed by atoms with Gasteiger partial charge in [-0.2, -0.15) is 4.98 Å². The Morgan fingerprint density at radius 2 is 1.63 bits per heavy atom. The minimum Gasteiger partial charge on any atom is -0.454 e. The summed E-state index contributed by atoms with van der Waals surface area (Å²) in [5, 5.41) is 0. The van der Waals surface area contributed by atoms with Crippen molar-refractivity contribution >= 4 is 76.4 Å². The second-order valence-electron chi connectivity index (χ2n) is 13.5. The average molecular weight is 835 g/mol. The van der Waals surface area contributed by atoms with Crippen LogP contribution in [0.15, 0.2) is 23.8 Å². The normalized spacial score (nSPS) is 33.6. The average Bonchev–Trinajstić information content (AvgIpc) is 3.87. The van der Waals surface area contributed by atoms with Gasteiger partial charge in [0.25, 0.3) is 5.56 Å². The number of H-pyrrole nitrogens is 1. The van der Waals surface area contributed by atoms with Gasteiger partial charge in [0, 0.05) is 17.3 Å². The Balaban J connectivity index is 1.26. The second-order valence-corrected chi connectivity index (χ2v) is 21.7. The van der Waals surface area contributed by atoms with Gasteiger partial charge in [-0.25, -0.2) is 33.5 Å². The number of anilines is 2. The van der Waals surface area contributed by atoms with E-state index in [1.807, 2.05) is 0 Å². The Bertz CT molecular complexity index is 2220. The number of carbonyl (C=O) groups is 1. The second kappa shape index (κ2) is 14.7. The number of aromatic nitrogens is 8. The molecule has 10 atom stereocenters. The highest BCUT2D eigenvalue weighted by Gasteiger charge is 2.54. The van der Waals surface area contributed by atoms with Crippen molar-refractivity contribution in [1.29, 1.82) is 0 Å². The molecule has 5 N–H and O–H groups in total. The molecule has 7 heterocycles. The van der Waals surface area contributed by atoms with Crippen molar-refractivity contribution in [2.75, 3.05) is 36.9 Å². The van der Waals surface area contributed by atoms with Crippen LogP contribution in [0.4, 0.5) is 16.2 Å². The molecule has 2 bridgehead atoms. The van der Waals surface area contributed by atoms with Crippen LogP contribution in [-0.4, -0.2) is 101 Å². The fraction of sp³-hybridized carbons (Fsp3) is 0.607. The molecular formula is C28H37FN10O11P2S2. The molecule has 4 aromatic heterocycles. The third kappa shape index (κ3) is 7.40. The van der Waals surface area contributed by atoms with Gasteiger partial charge in [0.2, 0.25) is 5.95 Å². The predicted octanol–water partition coefficient (Wildman–Crippen LogP) is 3.57. The molecule has 4 aromatic rings. The number of hydrogen-bond acceptors (Lipinski definition) is 20. The number of aromatic amines is 1. The summed E-state index contributed by atoms with van der Waals surface area (Å²) in [7, 11) is 0. The van der Waals surface area contributed by atoms with Gasteiger partial charge in [-0.15, -0.1) is 0 Å². The summed E-state index contributed by atoms with van der Waals surface area (Å²) in [5.41, 5.74) is 10.6. The molecule has 54 heavy (non-hydrogen) atoms. The van der Waals surface area contributed by atoms with Crippen LogP contribution in [0.2, 0.25) is 0 Å². The summed E-state index contributed by atoms with van der Waals surface area (Å²) in [6, 6.07) is 0. The lowest BCUT2D eigenvalue weighted by Gasteiger charge is -2.28. The largest absolute Gasteiger partial charge is 0.454 e. The summed E-state index contributed by atoms with van der Waals surface area (Å²) in [6.07, 6.45) is -4.46. The summed E-state index contributed by atoms with van der Waals surface area (Å²) in [5.74, 6) is -1.86. The van der Waals surface area contributed by atoms with Crippen molar-refractivity contribution < 1.29 is 50.6 Å². The fourth-order valence-corrected chi connectivity index (χ4v) is 11.0. The maximum absolute atomic E-state index is 16.6. The molecule has 3 saturated heterocycles. The van der Waals surface area contributed by atoms with Gasteiger partial charge >= 0.3 is 19.6 Å². The van der Waals surface area contributed by atoms with Crippen LogP contribution >= 0.6 is 36.4 Å². The van der Waals surface area contributed by atoms with Crippen LogP contribution in [0, 0.1) is 11.3 Å². The van der Waals surface area contributed by atoms with Crippen molar-refractivity contribution in [1.82, 2.24) is 39.0 Å². The zero-order valence-corrected chi connectivity index (χ0v) is 32.8. The van der Waals surface area contributed by atoms with Gasteiger partial charge < -0.3 is 25.7 Å². The molecule has 0 amide bonds. The van der Waals surface area contributed by atoms with Crippen LogP contribution in [0.1, 0.15) is 40.2 Å². The number of nitrogens with zero attached hydrogens (tertiary/aromatic N) is 7. The number of carbonyl (C=O) groups excluding carboxylic acids is 1. The van der Waals surface area contributed by atoms with Gasteiger partial charge in [0.1, 0.15) is 36.1 Å². The van der Waals surface area contributed by atoms with E-state index in [1.165, 1.54) is 34.4 Å². The van der Waals surface area contributed by atoms with Crippen molar-refractivity contribution in [2.24, 2.45) is 11.3 Å². The first-order valence-corrected chi connectivity index (χ1v) is 22.8. The first-order chi connectivity index (χ1) is 25.5. The Labute approximate surface area is 313 Å². The van der Waals surface area contributed by atoms with E-state index in [-0.39, 0.29) is 40.7 Å². The summed E-state index contributed by atoms with van der Waals surface area (Å²) >= 11 is 1.28. The van der Waals surface area contributed by atoms with E-state index in [4.69, 9.17) is 43.8 Å². The third-order valence-corrected chi connectivity index (χ3v) is 15.6. The van der Waals surface area contributed by atoms with Gasteiger partial charge in [-0.3, -0.25) is 41.8 Å². The lowest BCUT2D eigenvalue weighted by molar-refractivity contribution is -0.150. The predicted molar refractivity (Wildman–Crippen MR) is 193 cm³/mol. The molecule has 3 aliphatic heterocycles. The molecule has 0 radical (unpaired) electrons. The van der Waals surface area contributed by atoms with Crippen molar-refractivity contribution in [2.45, 2.75) is 70.7 Å². The van der Waals surface area contributed by atoms with Crippen molar-refractivity contribution in [3.05, 3.63) is 29.3 Å². The number of nitrogens with two attached hydrogens (primary N) is 2. The molecule has 7 rings (SSSR count). The van der Waals surface area contributed by atoms with Crippen LogP contribution in [-0.2, 0) is 46.2 Å². The van der Waals surface area contributed by atoms with Gasteiger partial charge in [0.05, 0.1) is 37.4 Å². The number of halogens is 1. The molecule has 0 saturated carbocycles. The quantitative estimate of drug-likeness (QED) is 0.142. The third-order valence-electron chi connectivity index (χ3n) is 8.89. The molecule has 0 spiro atoms. The number of rotatable bonds is 6. The Morgan fingerprint density at radius 1 is 0.981 bits per heavy atom. The Morgan fingerprint density at radius 3 is 2.35 bits per heavy atom. The van der Waals surface area contributed by atoms with E-state index in [0.29, 0.717) is 11.4 Å². The first kappa shape index (κ1) is 39.1. The topological polar surface area (TPSA) is 275 Å². The van der Waals surface area contributed by atoms with E-state index in [1.54, 1.807) is 27.7 Å². The molecule has 294 valence electrons. The van der Waals surface area contributed by atoms with Gasteiger partial charge in [-0.05, 0) is 38.4 Å². The lowest BCUT2D eigenvalue weighted by Crippen LogP contribution is -2.34. The SMILES string of the molecule is CSP1(=O)OC[C@H]2O[C@@H](n3cnc4c(=O)[nH]c(N)nc43)C(OP(=O)(SCOC(=O)C(C)(C)C)OCC3O[C@@H](n4cnc5c(N)ncnc54)C(F)C3O1)C2C. The maximum atomic E-state index is 16.6. The minimum atomic E-state index is -4.44. The van der Waals surface area contributed by atoms with E-state index in [0.717, 1.165) is 11.4 Å². The molecule has 3 aliphatic rings. The Kier molecular flexibility index (Phi) is 10.6. The molecule has 26 heteroatoms.